The Balaban J connectivity index is 1.48. The number of nitrogens with two attached hydrogens (primary N) is 1. The minimum Gasteiger partial charge on any atom is -0.434 e. The summed E-state index contributed by atoms with van der Waals surface area (Å²) in [6.45, 7) is 4.72. The van der Waals surface area contributed by atoms with Crippen molar-refractivity contribution >= 4 is 35.3 Å². The first kappa shape index (κ1) is 32.7. The summed E-state index contributed by atoms with van der Waals surface area (Å²) in [7, 11) is 0. The number of benzene rings is 1. The second-order valence-electron chi connectivity index (χ2n) is 10.6. The lowest BCUT2D eigenvalue weighted by atomic mass is 10.0. The van der Waals surface area contributed by atoms with E-state index in [0.717, 1.165) is 58.4 Å². The number of hydrogen-bond donors (Lipinski definition) is 5. The minimum atomic E-state index is -3.14. The summed E-state index contributed by atoms with van der Waals surface area (Å²) in [4.78, 5) is 33.7. The first-order chi connectivity index (χ1) is 21.1. The smallest absolute Gasteiger partial charge is 0.387 e. The molecule has 6 N–H and O–H groups in total. The molecule has 4 rings (SSSR count). The topological polar surface area (TPSA) is 148 Å². The summed E-state index contributed by atoms with van der Waals surface area (Å²) >= 11 is 6.14. The van der Waals surface area contributed by atoms with Gasteiger partial charge in [0.05, 0.1) is 11.4 Å². The van der Waals surface area contributed by atoms with Crippen molar-refractivity contribution in [3.05, 3.63) is 76.6 Å². The van der Waals surface area contributed by atoms with Crippen LogP contribution in [0.4, 0.5) is 8.78 Å². The maximum Gasteiger partial charge on any atom is 0.387 e. The maximum absolute atomic E-state index is 13.4. The van der Waals surface area contributed by atoms with Gasteiger partial charge in [-0.2, -0.15) is 8.78 Å². The zero-order valence-corrected chi connectivity index (χ0v) is 25.0. The molecule has 3 aliphatic heterocycles. The number of allylic oxidation sites excluding steroid dienone is 2. The molecule has 0 radical (unpaired) electrons. The zero-order chi connectivity index (χ0) is 31.6. The van der Waals surface area contributed by atoms with Gasteiger partial charge in [0.1, 0.15) is 17.1 Å². The van der Waals surface area contributed by atoms with Crippen LogP contribution in [0.15, 0.2) is 71.0 Å². The van der Waals surface area contributed by atoms with Crippen molar-refractivity contribution in [2.24, 2.45) is 10.7 Å². The van der Waals surface area contributed by atoms with Crippen LogP contribution in [-0.2, 0) is 9.59 Å². The average Bonchev–Trinajstić information content (AvgIpc) is 3.41. The fraction of sp³-hybridized carbons (Fsp3) is 0.400. The van der Waals surface area contributed by atoms with E-state index in [1.807, 2.05) is 4.90 Å². The Morgan fingerprint density at radius 1 is 1.30 bits per heavy atom. The third-order valence-corrected chi connectivity index (χ3v) is 7.70. The molecule has 0 unspecified atom stereocenters. The van der Waals surface area contributed by atoms with Gasteiger partial charge in [-0.3, -0.25) is 15.0 Å². The standard InChI is InChI=1S/C30H37ClF2N8O3/c1-19(34)26(28-36-10-3-11-37-28)29(43)39-23(27(35)22-17-20(31)6-7-24(22)44-30(32)33)18-38-21-8-15-40(16-9-21)12-4-14-41-13-2-5-25(41)42/h3,6-7,10-11,17-18,21,30,35-36,38H,1-2,4-5,8-9,12-16,34H2,(H,39,43)/b23-18+,28-26-,35-27?. The molecule has 1 aromatic carbocycles. The summed E-state index contributed by atoms with van der Waals surface area (Å²) in [5, 5.41) is 17.9. The van der Waals surface area contributed by atoms with Gasteiger partial charge in [-0.05, 0) is 56.5 Å². The number of aliphatic imine (C=N–C) groups is 1. The number of piperidine rings is 1. The van der Waals surface area contributed by atoms with Crippen LogP contribution in [0.25, 0.3) is 0 Å². The lowest BCUT2D eigenvalue weighted by Gasteiger charge is -2.32. The number of hydrogen-bond acceptors (Lipinski definition) is 9. The molecule has 236 valence electrons. The van der Waals surface area contributed by atoms with Crippen molar-refractivity contribution in [3.8, 4) is 5.75 Å². The number of nitrogens with zero attached hydrogens (tertiary/aromatic N) is 3. The Kier molecular flexibility index (Phi) is 11.5. The third kappa shape index (κ3) is 8.89. The van der Waals surface area contributed by atoms with E-state index in [-0.39, 0.29) is 56.8 Å². The van der Waals surface area contributed by atoms with Crippen LogP contribution in [0.2, 0.25) is 5.02 Å². The molecule has 14 heteroatoms. The normalized spacial score (nSPS) is 18.8. The van der Waals surface area contributed by atoms with Gasteiger partial charge in [-0.15, -0.1) is 0 Å². The highest BCUT2D eigenvalue weighted by Gasteiger charge is 2.25. The van der Waals surface area contributed by atoms with Gasteiger partial charge < -0.3 is 36.2 Å². The van der Waals surface area contributed by atoms with Crippen LogP contribution >= 0.6 is 11.6 Å². The van der Waals surface area contributed by atoms with Crippen LogP contribution in [0.1, 0.15) is 37.7 Å². The maximum atomic E-state index is 13.4. The van der Waals surface area contributed by atoms with E-state index in [1.165, 1.54) is 30.6 Å². The van der Waals surface area contributed by atoms with E-state index in [9.17, 15) is 18.4 Å². The second kappa shape index (κ2) is 15.5. The summed E-state index contributed by atoms with van der Waals surface area (Å²) in [5.41, 5.74) is 5.42. The van der Waals surface area contributed by atoms with Gasteiger partial charge in [0.2, 0.25) is 5.91 Å². The Bertz CT molecular complexity index is 1390. The molecule has 0 saturated carbocycles. The Morgan fingerprint density at radius 3 is 2.70 bits per heavy atom. The molecule has 2 amide bonds. The van der Waals surface area contributed by atoms with E-state index >= 15 is 0 Å². The van der Waals surface area contributed by atoms with Gasteiger partial charge in [0.15, 0.2) is 0 Å². The first-order valence-electron chi connectivity index (χ1n) is 14.4. The van der Waals surface area contributed by atoms with E-state index in [2.05, 4.69) is 37.2 Å². The number of likely N-dealkylation sites (tertiary alicyclic amines) is 2. The molecule has 2 fully saturated rings. The van der Waals surface area contributed by atoms with E-state index in [1.54, 1.807) is 12.3 Å². The number of nitrogens with one attached hydrogen (secondary N) is 4. The first-order valence-corrected chi connectivity index (χ1v) is 14.8. The monoisotopic (exact) mass is 630 g/mol. The van der Waals surface area contributed by atoms with Crippen molar-refractivity contribution in [1.29, 1.82) is 5.41 Å². The molecular formula is C30H37ClF2N8O3. The predicted octanol–water partition coefficient (Wildman–Crippen LogP) is 3.21. The molecule has 2 saturated heterocycles. The van der Waals surface area contributed by atoms with Crippen LogP contribution in [0.3, 0.4) is 0 Å². The molecule has 44 heavy (non-hydrogen) atoms. The number of halogens is 3. The highest BCUT2D eigenvalue weighted by molar-refractivity contribution is 6.31. The van der Waals surface area contributed by atoms with Crippen molar-refractivity contribution < 1.29 is 23.1 Å². The summed E-state index contributed by atoms with van der Waals surface area (Å²) in [6.07, 6.45) is 10.2. The number of ether oxygens (including phenoxy) is 1. The van der Waals surface area contributed by atoms with Crippen LogP contribution in [0.5, 0.6) is 5.75 Å². The predicted molar refractivity (Wildman–Crippen MR) is 165 cm³/mol. The molecule has 1 aromatic rings. The quantitative estimate of drug-likeness (QED) is 0.166. The van der Waals surface area contributed by atoms with Gasteiger partial charge in [0.25, 0.3) is 5.91 Å². The van der Waals surface area contributed by atoms with Crippen LogP contribution < -0.4 is 26.4 Å². The number of carbonyl (C=O) groups excluding carboxylic acids is 2. The minimum absolute atomic E-state index is 0.0243. The molecule has 0 bridgehead atoms. The van der Waals surface area contributed by atoms with E-state index in [0.29, 0.717) is 6.42 Å². The lowest BCUT2D eigenvalue weighted by molar-refractivity contribution is -0.127. The molecular weight excluding hydrogens is 594 g/mol. The van der Waals surface area contributed by atoms with Crippen molar-refractivity contribution in [2.45, 2.75) is 44.8 Å². The van der Waals surface area contributed by atoms with Crippen molar-refractivity contribution in [1.82, 2.24) is 25.8 Å². The number of carbonyl (C=O) groups is 2. The Morgan fingerprint density at radius 2 is 2.07 bits per heavy atom. The summed E-state index contributed by atoms with van der Waals surface area (Å²) < 4.78 is 31.0. The fourth-order valence-electron chi connectivity index (χ4n) is 5.21. The Hall–Kier alpha value is -4.23. The van der Waals surface area contributed by atoms with Gasteiger partial charge in [0, 0.05) is 73.5 Å². The molecule has 0 aromatic heterocycles. The molecule has 3 aliphatic rings. The molecule has 11 nitrogen and oxygen atoms in total. The third-order valence-electron chi connectivity index (χ3n) is 7.46. The van der Waals surface area contributed by atoms with E-state index < -0.39 is 12.5 Å². The number of alkyl halides is 2. The SMILES string of the molecule is C=C(N)/C(C(=O)N/C(=C/NC1CCN(CCCN2CCCC2=O)CC1)C(=N)c1cc(Cl)ccc1OC(F)F)=C1/N=CC=CN1. The van der Waals surface area contributed by atoms with Crippen LogP contribution in [-0.4, -0.2) is 78.9 Å². The average molecular weight is 631 g/mol. The van der Waals surface area contributed by atoms with Gasteiger partial charge >= 0.3 is 6.61 Å². The van der Waals surface area contributed by atoms with Crippen molar-refractivity contribution in [3.63, 3.8) is 0 Å². The molecule has 0 spiro atoms. The highest BCUT2D eigenvalue weighted by Crippen LogP contribution is 2.27. The van der Waals surface area contributed by atoms with Crippen LogP contribution in [0, 0.1) is 5.41 Å². The van der Waals surface area contributed by atoms with Crippen molar-refractivity contribution in [2.75, 3.05) is 32.7 Å². The zero-order valence-electron chi connectivity index (χ0n) is 24.3. The van der Waals surface area contributed by atoms with Gasteiger partial charge in [-0.1, -0.05) is 18.2 Å². The Labute approximate surface area is 260 Å². The van der Waals surface area contributed by atoms with Gasteiger partial charge in [-0.25, -0.2) is 4.99 Å². The number of rotatable bonds is 13. The number of amides is 2. The van der Waals surface area contributed by atoms with E-state index in [4.69, 9.17) is 22.7 Å². The second-order valence-corrected chi connectivity index (χ2v) is 11.0. The largest absolute Gasteiger partial charge is 0.434 e. The molecule has 0 atom stereocenters. The molecule has 3 heterocycles. The summed E-state index contributed by atoms with van der Waals surface area (Å²) in [6, 6.07) is 3.95. The lowest BCUT2D eigenvalue weighted by Crippen LogP contribution is -2.42. The fourth-order valence-corrected chi connectivity index (χ4v) is 5.39. The molecule has 0 aliphatic carbocycles. The summed E-state index contributed by atoms with van der Waals surface area (Å²) in [5.74, 6) is -0.598. The highest BCUT2D eigenvalue weighted by atomic mass is 35.5.